The maximum atomic E-state index is 12.8. The lowest BCUT2D eigenvalue weighted by molar-refractivity contribution is 0.216. The van der Waals surface area contributed by atoms with Gasteiger partial charge in [0.25, 0.3) is 10.0 Å². The molecular formula is C22H18ClN3O3S. The number of nitrogens with zero attached hydrogens (tertiary/aromatic N) is 2. The summed E-state index contributed by atoms with van der Waals surface area (Å²) in [5, 5.41) is 11.3. The lowest BCUT2D eigenvalue weighted by Crippen LogP contribution is -2.16. The van der Waals surface area contributed by atoms with Crippen LogP contribution < -0.4 is 4.72 Å². The molecule has 0 fully saturated rings. The molecule has 0 bridgehead atoms. The zero-order valence-corrected chi connectivity index (χ0v) is 17.3. The normalized spacial score (nSPS) is 12.5. The number of halogens is 1. The topological polar surface area (TPSA) is 84.2 Å². The maximum absolute atomic E-state index is 12.8. The van der Waals surface area contributed by atoms with Crippen molar-refractivity contribution in [1.29, 1.82) is 0 Å². The first-order valence-corrected chi connectivity index (χ1v) is 11.0. The van der Waals surface area contributed by atoms with Gasteiger partial charge in [0.05, 0.1) is 10.6 Å². The van der Waals surface area contributed by atoms with Crippen molar-refractivity contribution in [1.82, 2.24) is 9.55 Å². The molecule has 0 aliphatic heterocycles. The second-order valence-corrected chi connectivity index (χ2v) is 8.69. The molecule has 1 atom stereocenters. The van der Waals surface area contributed by atoms with Crippen LogP contribution in [-0.2, 0) is 10.0 Å². The Kier molecular flexibility index (Phi) is 5.59. The molecule has 6 nitrogen and oxygen atoms in total. The molecule has 1 unspecified atom stereocenters. The molecule has 0 aliphatic carbocycles. The second kappa shape index (κ2) is 8.31. The third-order valence-electron chi connectivity index (χ3n) is 4.50. The average molecular weight is 440 g/mol. The number of rotatable bonds is 6. The molecule has 0 saturated heterocycles. The SMILES string of the molecule is O=S(=O)(Nc1nc(C(O)c2ccccc2)cn1-c1ccc(Cl)cc1)c1ccccc1. The molecule has 2 N–H and O–H groups in total. The van der Waals surface area contributed by atoms with Crippen LogP contribution in [0.1, 0.15) is 17.4 Å². The Morgan fingerprint density at radius 1 is 0.900 bits per heavy atom. The first-order chi connectivity index (χ1) is 14.4. The van der Waals surface area contributed by atoms with E-state index in [9.17, 15) is 13.5 Å². The number of sulfonamides is 1. The summed E-state index contributed by atoms with van der Waals surface area (Å²) >= 11 is 5.98. The van der Waals surface area contributed by atoms with E-state index < -0.39 is 16.1 Å². The van der Waals surface area contributed by atoms with Gasteiger partial charge in [-0.25, -0.2) is 18.1 Å². The highest BCUT2D eigenvalue weighted by Gasteiger charge is 2.22. The molecule has 0 spiro atoms. The van der Waals surface area contributed by atoms with E-state index in [2.05, 4.69) is 9.71 Å². The Morgan fingerprint density at radius 2 is 1.50 bits per heavy atom. The fourth-order valence-corrected chi connectivity index (χ4v) is 4.13. The van der Waals surface area contributed by atoms with Crippen LogP contribution in [0.2, 0.25) is 5.02 Å². The van der Waals surface area contributed by atoms with Gasteiger partial charge in [-0.2, -0.15) is 0 Å². The smallest absolute Gasteiger partial charge is 0.264 e. The third-order valence-corrected chi connectivity index (χ3v) is 6.10. The summed E-state index contributed by atoms with van der Waals surface area (Å²) < 4.78 is 29.8. The predicted molar refractivity (Wildman–Crippen MR) is 116 cm³/mol. The fourth-order valence-electron chi connectivity index (χ4n) is 2.99. The molecule has 0 radical (unpaired) electrons. The average Bonchev–Trinajstić information content (AvgIpc) is 3.18. The van der Waals surface area contributed by atoms with Crippen molar-refractivity contribution in [2.45, 2.75) is 11.0 Å². The standard InChI is InChI=1S/C22H18ClN3O3S/c23-17-11-13-18(14-12-17)26-15-20(21(27)16-7-3-1-4-8-16)24-22(26)25-30(28,29)19-9-5-2-6-10-19/h1-15,21,27H,(H,24,25). The van der Waals surface area contributed by atoms with E-state index in [1.807, 2.05) is 18.2 Å². The van der Waals surface area contributed by atoms with Gasteiger partial charge >= 0.3 is 0 Å². The molecule has 30 heavy (non-hydrogen) atoms. The van der Waals surface area contributed by atoms with Crippen molar-refractivity contribution >= 4 is 27.6 Å². The number of nitrogens with one attached hydrogen (secondary N) is 1. The van der Waals surface area contributed by atoms with Crippen LogP contribution in [0.4, 0.5) is 5.95 Å². The minimum Gasteiger partial charge on any atom is -0.382 e. The molecule has 1 heterocycles. The Balaban J connectivity index is 1.78. The monoisotopic (exact) mass is 439 g/mol. The first kappa shape index (κ1) is 20.2. The molecule has 1 aromatic heterocycles. The number of hydrogen-bond acceptors (Lipinski definition) is 4. The number of imidazole rings is 1. The highest BCUT2D eigenvalue weighted by atomic mass is 35.5. The molecule has 3 aromatic carbocycles. The Morgan fingerprint density at radius 3 is 2.13 bits per heavy atom. The zero-order chi connectivity index (χ0) is 21.1. The minimum absolute atomic E-state index is 0.0613. The molecule has 0 aliphatic rings. The van der Waals surface area contributed by atoms with Crippen molar-refractivity contribution in [2.75, 3.05) is 4.72 Å². The number of aliphatic hydroxyl groups excluding tert-OH is 1. The van der Waals surface area contributed by atoms with Crippen molar-refractivity contribution in [2.24, 2.45) is 0 Å². The molecule has 0 amide bonds. The van der Waals surface area contributed by atoms with Crippen molar-refractivity contribution in [3.63, 3.8) is 0 Å². The van der Waals surface area contributed by atoms with Gasteiger partial charge in [0.2, 0.25) is 5.95 Å². The van der Waals surface area contributed by atoms with Crippen molar-refractivity contribution in [3.8, 4) is 5.69 Å². The summed E-state index contributed by atoms with van der Waals surface area (Å²) in [6, 6.07) is 23.9. The molecule has 4 aromatic rings. The van der Waals surface area contributed by atoms with Crippen LogP contribution in [-0.4, -0.2) is 23.1 Å². The van der Waals surface area contributed by atoms with Gasteiger partial charge < -0.3 is 5.11 Å². The Labute approximate surface area is 179 Å². The van der Waals surface area contributed by atoms with Crippen LogP contribution in [0.25, 0.3) is 5.69 Å². The lowest BCUT2D eigenvalue weighted by atomic mass is 10.1. The van der Waals surface area contributed by atoms with Crippen LogP contribution in [0.3, 0.4) is 0 Å². The van der Waals surface area contributed by atoms with E-state index in [0.717, 1.165) is 0 Å². The maximum Gasteiger partial charge on any atom is 0.264 e. The second-order valence-electron chi connectivity index (χ2n) is 6.57. The third kappa shape index (κ3) is 4.23. The van der Waals surface area contributed by atoms with Crippen LogP contribution in [0.5, 0.6) is 0 Å². The summed E-state index contributed by atoms with van der Waals surface area (Å²) in [5.41, 5.74) is 1.60. The number of benzene rings is 3. The molecule has 8 heteroatoms. The van der Waals surface area contributed by atoms with E-state index in [0.29, 0.717) is 22.0 Å². The van der Waals surface area contributed by atoms with Gasteiger partial charge in [-0.1, -0.05) is 60.1 Å². The number of hydrogen-bond donors (Lipinski definition) is 2. The van der Waals surface area contributed by atoms with Crippen molar-refractivity contribution in [3.05, 3.63) is 107 Å². The van der Waals surface area contributed by atoms with Gasteiger partial charge in [-0.15, -0.1) is 0 Å². The van der Waals surface area contributed by atoms with Gasteiger partial charge in [0.15, 0.2) is 0 Å². The van der Waals surface area contributed by atoms with Crippen LogP contribution in [0, 0.1) is 0 Å². The number of aromatic nitrogens is 2. The molecule has 152 valence electrons. The highest BCUT2D eigenvalue weighted by molar-refractivity contribution is 7.92. The minimum atomic E-state index is -3.87. The van der Waals surface area contributed by atoms with Gasteiger partial charge in [0.1, 0.15) is 6.10 Å². The molecular weight excluding hydrogens is 422 g/mol. The largest absolute Gasteiger partial charge is 0.382 e. The quantitative estimate of drug-likeness (QED) is 0.466. The van der Waals surface area contributed by atoms with Crippen LogP contribution >= 0.6 is 11.6 Å². The highest BCUT2D eigenvalue weighted by Crippen LogP contribution is 2.27. The predicted octanol–water partition coefficient (Wildman–Crippen LogP) is 4.41. The molecule has 4 rings (SSSR count). The Hall–Kier alpha value is -3.13. The lowest BCUT2D eigenvalue weighted by Gasteiger charge is -2.10. The summed E-state index contributed by atoms with van der Waals surface area (Å²) in [5.74, 6) is 0.0613. The van der Waals surface area contributed by atoms with E-state index in [1.165, 1.54) is 12.1 Å². The summed E-state index contributed by atoms with van der Waals surface area (Å²) in [6.07, 6.45) is 0.587. The number of aliphatic hydroxyl groups is 1. The van der Waals surface area contributed by atoms with E-state index in [4.69, 9.17) is 11.6 Å². The van der Waals surface area contributed by atoms with E-state index in [-0.39, 0.29) is 10.8 Å². The Bertz CT molecular complexity index is 1240. The summed E-state index contributed by atoms with van der Waals surface area (Å²) in [7, 11) is -3.87. The summed E-state index contributed by atoms with van der Waals surface area (Å²) in [4.78, 5) is 4.50. The van der Waals surface area contributed by atoms with E-state index >= 15 is 0 Å². The number of anilines is 1. The zero-order valence-electron chi connectivity index (χ0n) is 15.7. The molecule has 0 saturated carbocycles. The van der Waals surface area contributed by atoms with Crippen molar-refractivity contribution < 1.29 is 13.5 Å². The summed E-state index contributed by atoms with van der Waals surface area (Å²) in [6.45, 7) is 0. The van der Waals surface area contributed by atoms with Gasteiger partial charge in [-0.05, 0) is 42.0 Å². The van der Waals surface area contributed by atoms with E-state index in [1.54, 1.807) is 65.4 Å². The van der Waals surface area contributed by atoms with Crippen LogP contribution in [0.15, 0.2) is 96.0 Å². The fraction of sp³-hybridized carbons (Fsp3) is 0.0455. The van der Waals surface area contributed by atoms with Gasteiger partial charge in [0, 0.05) is 16.9 Å². The van der Waals surface area contributed by atoms with Gasteiger partial charge in [-0.3, -0.25) is 4.57 Å². The first-order valence-electron chi connectivity index (χ1n) is 9.10.